The summed E-state index contributed by atoms with van der Waals surface area (Å²) in [6, 6.07) is 0. The maximum atomic E-state index is 11.1. The highest BCUT2D eigenvalue weighted by atomic mass is 32.2. The first-order chi connectivity index (χ1) is 8.04. The molecule has 0 N–H and O–H groups in total. The Morgan fingerprint density at radius 3 is 2.29 bits per heavy atom. The van der Waals surface area contributed by atoms with E-state index in [1.807, 2.05) is 27.7 Å². The van der Waals surface area contributed by atoms with Crippen molar-refractivity contribution in [2.24, 2.45) is 0 Å². The molecule has 3 nitrogen and oxygen atoms in total. The molecule has 17 heavy (non-hydrogen) atoms. The summed E-state index contributed by atoms with van der Waals surface area (Å²) in [6.45, 7) is 7.97. The van der Waals surface area contributed by atoms with Gasteiger partial charge in [0.25, 0.3) is 0 Å². The zero-order valence-corrected chi connectivity index (χ0v) is 11.9. The first-order valence-corrected chi connectivity index (χ1v) is 6.99. The second-order valence-corrected chi connectivity index (χ2v) is 5.21. The van der Waals surface area contributed by atoms with Crippen LogP contribution in [-0.2, 0) is 4.79 Å². The fourth-order valence-corrected chi connectivity index (χ4v) is 2.29. The van der Waals surface area contributed by atoms with Crippen LogP contribution in [0.2, 0.25) is 0 Å². The summed E-state index contributed by atoms with van der Waals surface area (Å²) >= 11 is 1.64. The average molecular weight is 252 g/mol. The lowest BCUT2D eigenvalue weighted by Crippen LogP contribution is -1.99. The van der Waals surface area contributed by atoms with Gasteiger partial charge in [0, 0.05) is 30.0 Å². The number of aryl methyl sites for hydroxylation is 2. The highest BCUT2D eigenvalue weighted by Crippen LogP contribution is 2.18. The summed E-state index contributed by atoms with van der Waals surface area (Å²) in [6.07, 6.45) is 2.23. The third-order valence-electron chi connectivity index (χ3n) is 2.84. The second-order valence-electron chi connectivity index (χ2n) is 4.15. The molecule has 1 heterocycles. The minimum Gasteiger partial charge on any atom is -0.300 e. The van der Waals surface area contributed by atoms with Crippen LogP contribution in [0.25, 0.3) is 0 Å². The third kappa shape index (κ3) is 4.46. The number of nitrogens with zero attached hydrogens (tertiary/aromatic N) is 2. The molecule has 0 aliphatic carbocycles. The molecule has 1 aromatic heterocycles. The summed E-state index contributed by atoms with van der Waals surface area (Å²) in [5, 5.41) is 0.828. The van der Waals surface area contributed by atoms with E-state index in [2.05, 4.69) is 9.97 Å². The predicted octanol–water partition coefficient (Wildman–Crippen LogP) is 3.25. The van der Waals surface area contributed by atoms with Crippen molar-refractivity contribution in [3.8, 4) is 0 Å². The zero-order valence-electron chi connectivity index (χ0n) is 11.0. The van der Waals surface area contributed by atoms with Crippen molar-refractivity contribution >= 4 is 17.5 Å². The first-order valence-electron chi connectivity index (χ1n) is 6.01. The van der Waals surface area contributed by atoms with Crippen LogP contribution in [0.4, 0.5) is 0 Å². The number of rotatable bonds is 6. The third-order valence-corrected chi connectivity index (χ3v) is 3.77. The van der Waals surface area contributed by atoms with Gasteiger partial charge in [-0.3, -0.25) is 4.79 Å². The van der Waals surface area contributed by atoms with E-state index in [1.165, 1.54) is 0 Å². The van der Waals surface area contributed by atoms with Crippen LogP contribution in [0.3, 0.4) is 0 Å². The van der Waals surface area contributed by atoms with Crippen LogP contribution >= 0.6 is 11.8 Å². The molecule has 1 aromatic rings. The molecule has 0 amide bonds. The number of thioether (sulfide) groups is 1. The molecular formula is C13H20N2OS. The fourth-order valence-electron chi connectivity index (χ4n) is 1.42. The highest BCUT2D eigenvalue weighted by molar-refractivity contribution is 7.99. The average Bonchev–Trinajstić information content (AvgIpc) is 2.31. The Morgan fingerprint density at radius 2 is 1.76 bits per heavy atom. The molecule has 0 fully saturated rings. The molecule has 0 saturated heterocycles. The monoisotopic (exact) mass is 252 g/mol. The second kappa shape index (κ2) is 6.74. The SMILES string of the molecule is CCC(=O)CCCSc1nc(C)c(C)c(C)n1. The van der Waals surface area contributed by atoms with Crippen LogP contribution in [0, 0.1) is 20.8 Å². The van der Waals surface area contributed by atoms with E-state index in [4.69, 9.17) is 0 Å². The van der Waals surface area contributed by atoms with Gasteiger partial charge >= 0.3 is 0 Å². The molecule has 0 unspecified atom stereocenters. The van der Waals surface area contributed by atoms with Gasteiger partial charge in [0.1, 0.15) is 5.78 Å². The topological polar surface area (TPSA) is 42.9 Å². The number of ketones is 1. The lowest BCUT2D eigenvalue weighted by atomic mass is 10.2. The number of carbonyl (C=O) groups excluding carboxylic acids is 1. The maximum absolute atomic E-state index is 11.1. The summed E-state index contributed by atoms with van der Waals surface area (Å²) in [5.41, 5.74) is 3.25. The van der Waals surface area contributed by atoms with E-state index in [9.17, 15) is 4.79 Å². The zero-order chi connectivity index (χ0) is 12.8. The molecule has 0 aliphatic rings. The van der Waals surface area contributed by atoms with Crippen molar-refractivity contribution in [3.05, 3.63) is 17.0 Å². The van der Waals surface area contributed by atoms with E-state index in [0.717, 1.165) is 34.3 Å². The molecule has 0 saturated carbocycles. The number of aromatic nitrogens is 2. The van der Waals surface area contributed by atoms with Crippen molar-refractivity contribution in [1.29, 1.82) is 0 Å². The van der Waals surface area contributed by atoms with E-state index in [-0.39, 0.29) is 0 Å². The van der Waals surface area contributed by atoms with Gasteiger partial charge in [0.15, 0.2) is 5.16 Å². The standard InChI is InChI=1S/C13H20N2OS/c1-5-12(16)7-6-8-17-13-14-10(3)9(2)11(4)15-13/h5-8H2,1-4H3. The number of hydrogen-bond donors (Lipinski definition) is 0. The Kier molecular flexibility index (Phi) is 5.62. The summed E-state index contributed by atoms with van der Waals surface area (Å²) in [5.74, 6) is 1.25. The lowest BCUT2D eigenvalue weighted by molar-refractivity contribution is -0.118. The van der Waals surface area contributed by atoms with E-state index < -0.39 is 0 Å². The van der Waals surface area contributed by atoms with Crippen molar-refractivity contribution in [3.63, 3.8) is 0 Å². The number of Topliss-reactive ketones (excluding diaryl/α,β-unsaturated/α-hetero) is 1. The van der Waals surface area contributed by atoms with Gasteiger partial charge in [-0.05, 0) is 32.8 Å². The van der Waals surface area contributed by atoms with Crippen molar-refractivity contribution in [1.82, 2.24) is 9.97 Å². The Labute approximate surface area is 107 Å². The van der Waals surface area contributed by atoms with Gasteiger partial charge in [-0.2, -0.15) is 0 Å². The lowest BCUT2D eigenvalue weighted by Gasteiger charge is -2.06. The van der Waals surface area contributed by atoms with Gasteiger partial charge in [-0.15, -0.1) is 0 Å². The van der Waals surface area contributed by atoms with Gasteiger partial charge in [-0.1, -0.05) is 18.7 Å². The van der Waals surface area contributed by atoms with Crippen LogP contribution in [0.1, 0.15) is 43.1 Å². The van der Waals surface area contributed by atoms with Crippen LogP contribution in [-0.4, -0.2) is 21.5 Å². The molecule has 0 bridgehead atoms. The van der Waals surface area contributed by atoms with Crippen LogP contribution < -0.4 is 0 Å². The number of carbonyl (C=O) groups is 1. The fraction of sp³-hybridized carbons (Fsp3) is 0.615. The Hall–Kier alpha value is -0.900. The van der Waals surface area contributed by atoms with Crippen molar-refractivity contribution in [2.45, 2.75) is 52.1 Å². The largest absolute Gasteiger partial charge is 0.300 e. The highest BCUT2D eigenvalue weighted by Gasteiger charge is 2.05. The molecule has 4 heteroatoms. The number of hydrogen-bond acceptors (Lipinski definition) is 4. The summed E-state index contributed by atoms with van der Waals surface area (Å²) in [4.78, 5) is 20.0. The molecule has 0 aliphatic heterocycles. The maximum Gasteiger partial charge on any atom is 0.187 e. The van der Waals surface area contributed by atoms with Gasteiger partial charge in [0.05, 0.1) is 0 Å². The van der Waals surface area contributed by atoms with Crippen molar-refractivity contribution in [2.75, 3.05) is 5.75 Å². The molecule has 0 radical (unpaired) electrons. The minimum absolute atomic E-state index is 0.336. The van der Waals surface area contributed by atoms with Crippen LogP contribution in [0.5, 0.6) is 0 Å². The Bertz CT molecular complexity index is 381. The normalized spacial score (nSPS) is 10.6. The minimum atomic E-state index is 0.336. The summed E-state index contributed by atoms with van der Waals surface area (Å²) in [7, 11) is 0. The van der Waals surface area contributed by atoms with Crippen LogP contribution in [0.15, 0.2) is 5.16 Å². The Morgan fingerprint density at radius 1 is 1.18 bits per heavy atom. The van der Waals surface area contributed by atoms with Gasteiger partial charge in [-0.25, -0.2) is 9.97 Å². The van der Waals surface area contributed by atoms with Gasteiger partial charge < -0.3 is 0 Å². The molecule has 1 rings (SSSR count). The Balaban J connectivity index is 2.45. The quantitative estimate of drug-likeness (QED) is 0.443. The van der Waals surface area contributed by atoms with E-state index in [1.54, 1.807) is 11.8 Å². The molecule has 0 aromatic carbocycles. The first kappa shape index (κ1) is 14.2. The van der Waals surface area contributed by atoms with E-state index >= 15 is 0 Å². The molecule has 94 valence electrons. The van der Waals surface area contributed by atoms with Crippen molar-refractivity contribution < 1.29 is 4.79 Å². The molecule has 0 spiro atoms. The predicted molar refractivity (Wildman–Crippen MR) is 71.5 cm³/mol. The molecular weight excluding hydrogens is 232 g/mol. The van der Waals surface area contributed by atoms with Gasteiger partial charge in [0.2, 0.25) is 0 Å². The van der Waals surface area contributed by atoms with E-state index in [0.29, 0.717) is 18.6 Å². The summed E-state index contributed by atoms with van der Waals surface area (Å²) < 4.78 is 0. The molecule has 0 atom stereocenters. The smallest absolute Gasteiger partial charge is 0.187 e.